The molecule has 3 N–H and O–H groups in total. The van der Waals surface area contributed by atoms with Crippen LogP contribution in [0.4, 0.5) is 0 Å². The Morgan fingerprint density at radius 3 is 2.28 bits per heavy atom. The van der Waals surface area contributed by atoms with Crippen molar-refractivity contribution in [1.82, 2.24) is 5.32 Å². The van der Waals surface area contributed by atoms with Crippen molar-refractivity contribution in [3.8, 4) is 0 Å². The Hall–Kier alpha value is -1.29. The number of benzene rings is 2. The van der Waals surface area contributed by atoms with Gasteiger partial charge in [0, 0.05) is 10.6 Å². The van der Waals surface area contributed by atoms with Gasteiger partial charge in [0.2, 0.25) is 0 Å². The van der Waals surface area contributed by atoms with Crippen molar-refractivity contribution >= 4 is 25.1 Å². The summed E-state index contributed by atoms with van der Waals surface area (Å²) in [6.45, 7) is 4.01. The molecule has 4 nitrogen and oxygen atoms in total. The first kappa shape index (κ1) is 20.0. The number of hydrogen-bond donors (Lipinski definition) is 3. The molecule has 6 heteroatoms. The Labute approximate surface area is 154 Å². The van der Waals surface area contributed by atoms with Gasteiger partial charge in [0.15, 0.2) is 11.9 Å². The first-order valence-electron chi connectivity index (χ1n) is 8.07. The van der Waals surface area contributed by atoms with E-state index in [1.165, 1.54) is 0 Å². The molecule has 0 amide bonds. The van der Waals surface area contributed by atoms with Crippen molar-refractivity contribution in [2.75, 3.05) is 12.7 Å². The Bertz CT molecular complexity index is 702. The monoisotopic (exact) mass is 380 g/mol. The van der Waals surface area contributed by atoms with Crippen LogP contribution in [-0.4, -0.2) is 28.3 Å². The van der Waals surface area contributed by atoms with Crippen LogP contribution >= 0.6 is 19.3 Å². The largest absolute Gasteiger partial charge is 0.301 e. The topological polar surface area (TPSA) is 69.6 Å². The predicted octanol–water partition coefficient (Wildman–Crippen LogP) is 3.77. The van der Waals surface area contributed by atoms with Crippen LogP contribution in [0.3, 0.4) is 0 Å². The van der Waals surface area contributed by atoms with Gasteiger partial charge in [-0.1, -0.05) is 54.1 Å². The molecule has 2 aromatic rings. The molecule has 0 saturated carbocycles. The van der Waals surface area contributed by atoms with E-state index < -0.39 is 13.3 Å². The van der Waals surface area contributed by atoms with Crippen LogP contribution < -0.4 is 5.32 Å². The van der Waals surface area contributed by atoms with E-state index in [1.807, 2.05) is 56.3 Å². The highest BCUT2D eigenvalue weighted by atomic mass is 35.5. The van der Waals surface area contributed by atoms with Gasteiger partial charge in [-0.05, 0) is 37.1 Å². The van der Waals surface area contributed by atoms with Crippen molar-refractivity contribution in [2.45, 2.75) is 25.5 Å². The molecule has 0 heterocycles. The minimum atomic E-state index is -3.29. The van der Waals surface area contributed by atoms with E-state index in [4.69, 9.17) is 11.6 Å². The minimum absolute atomic E-state index is 0.0767. The first-order chi connectivity index (χ1) is 11.7. The molecule has 0 aliphatic rings. The molecule has 0 radical (unpaired) electrons. The summed E-state index contributed by atoms with van der Waals surface area (Å²) in [4.78, 5) is 32.6. The second-order valence-corrected chi connectivity index (χ2v) is 9.53. The molecule has 0 bridgehead atoms. The third-order valence-electron chi connectivity index (χ3n) is 4.00. The zero-order valence-corrected chi connectivity index (χ0v) is 16.1. The maximum atomic E-state index is 12.2. The fourth-order valence-corrected chi connectivity index (χ4v) is 4.27. The van der Waals surface area contributed by atoms with Gasteiger partial charge < -0.3 is 5.32 Å². The lowest BCUT2D eigenvalue weighted by atomic mass is 9.94. The van der Waals surface area contributed by atoms with Crippen molar-refractivity contribution in [3.05, 3.63) is 70.7 Å². The minimum Gasteiger partial charge on any atom is -0.301 e. The number of hydrogen-bond acceptors (Lipinski definition) is 4. The van der Waals surface area contributed by atoms with Crippen LogP contribution in [0, 0.1) is 0 Å². The Morgan fingerprint density at radius 1 is 1.08 bits per heavy atom. The summed E-state index contributed by atoms with van der Waals surface area (Å²) in [5.41, 5.74) is 1.40. The fourth-order valence-electron chi connectivity index (χ4n) is 2.56. The number of rotatable bonds is 8. The van der Waals surface area contributed by atoms with E-state index >= 15 is 0 Å². The fraction of sp³-hybridized carbons (Fsp3) is 0.316. The SMILES string of the molecule is CC(C)(NCC(=O)C[P+](O)(O)Cc1ccccc1)c1ccc(Cl)cc1. The Morgan fingerprint density at radius 2 is 1.68 bits per heavy atom. The lowest BCUT2D eigenvalue weighted by Crippen LogP contribution is -2.40. The number of ketones is 1. The molecule has 2 aromatic carbocycles. The van der Waals surface area contributed by atoms with Crippen LogP contribution in [0.1, 0.15) is 25.0 Å². The van der Waals surface area contributed by atoms with Crippen molar-refractivity contribution in [1.29, 1.82) is 0 Å². The third-order valence-corrected chi connectivity index (χ3v) is 5.98. The summed E-state index contributed by atoms with van der Waals surface area (Å²) in [6, 6.07) is 16.6. The molecule has 0 fully saturated rings. The second-order valence-electron chi connectivity index (χ2n) is 6.70. The van der Waals surface area contributed by atoms with Crippen molar-refractivity contribution in [2.24, 2.45) is 0 Å². The quantitative estimate of drug-likeness (QED) is 0.610. The maximum absolute atomic E-state index is 12.2. The van der Waals surface area contributed by atoms with Crippen LogP contribution in [-0.2, 0) is 16.5 Å². The Kier molecular flexibility index (Phi) is 6.72. The molecule has 0 atom stereocenters. The van der Waals surface area contributed by atoms with E-state index in [0.717, 1.165) is 11.1 Å². The van der Waals surface area contributed by atoms with Gasteiger partial charge in [0.05, 0.1) is 6.54 Å². The zero-order valence-electron chi connectivity index (χ0n) is 14.4. The summed E-state index contributed by atoms with van der Waals surface area (Å²) in [7, 11) is -3.29. The molecular formula is C19H24ClNO3P+. The summed E-state index contributed by atoms with van der Waals surface area (Å²) in [6.07, 6.45) is -0.0915. The summed E-state index contributed by atoms with van der Waals surface area (Å²) in [5, 5.41) is 3.84. The molecule has 0 aromatic heterocycles. The molecule has 0 aliphatic heterocycles. The number of nitrogens with one attached hydrogen (secondary N) is 1. The number of carbonyl (C=O) groups is 1. The molecule has 2 rings (SSSR count). The van der Waals surface area contributed by atoms with Crippen LogP contribution in [0.5, 0.6) is 0 Å². The molecule has 134 valence electrons. The van der Waals surface area contributed by atoms with Gasteiger partial charge in [-0.15, -0.1) is 0 Å². The van der Waals surface area contributed by atoms with E-state index in [-0.39, 0.29) is 24.7 Å². The van der Waals surface area contributed by atoms with E-state index in [2.05, 4.69) is 5.32 Å². The van der Waals surface area contributed by atoms with Crippen molar-refractivity contribution < 1.29 is 14.6 Å². The van der Waals surface area contributed by atoms with Gasteiger partial charge in [-0.3, -0.25) is 4.79 Å². The van der Waals surface area contributed by atoms with Crippen LogP contribution in [0.2, 0.25) is 5.02 Å². The van der Waals surface area contributed by atoms with Gasteiger partial charge in [0.25, 0.3) is 7.72 Å². The predicted molar refractivity (Wildman–Crippen MR) is 104 cm³/mol. The van der Waals surface area contributed by atoms with E-state index in [1.54, 1.807) is 12.1 Å². The lowest BCUT2D eigenvalue weighted by Gasteiger charge is -2.27. The average molecular weight is 381 g/mol. The summed E-state index contributed by atoms with van der Waals surface area (Å²) < 4.78 is 0. The Balaban J connectivity index is 1.89. The highest BCUT2D eigenvalue weighted by molar-refractivity contribution is 7.64. The third kappa shape index (κ3) is 6.50. The van der Waals surface area contributed by atoms with E-state index in [9.17, 15) is 14.6 Å². The number of carbonyl (C=O) groups excluding carboxylic acids is 1. The standard InChI is InChI=1S/C19H24ClNO3P/c1-19(2,16-8-10-17(20)11-9-16)21-12-18(22)14-25(23,24)13-15-6-4-3-5-7-15/h3-11,21,23-24H,12-14H2,1-2H3/q+1. The highest BCUT2D eigenvalue weighted by Gasteiger charge is 2.36. The van der Waals surface area contributed by atoms with Crippen LogP contribution in [0.25, 0.3) is 0 Å². The van der Waals surface area contributed by atoms with Crippen LogP contribution in [0.15, 0.2) is 54.6 Å². The molecule has 0 unspecified atom stereocenters. The lowest BCUT2D eigenvalue weighted by molar-refractivity contribution is -0.116. The smallest absolute Gasteiger partial charge is 0.279 e. The molecule has 25 heavy (non-hydrogen) atoms. The van der Waals surface area contributed by atoms with Gasteiger partial charge >= 0.3 is 0 Å². The number of halogens is 1. The zero-order chi connectivity index (χ0) is 18.5. The molecular weight excluding hydrogens is 357 g/mol. The summed E-state index contributed by atoms with van der Waals surface area (Å²) >= 11 is 5.90. The normalized spacial score (nSPS) is 12.2. The van der Waals surface area contributed by atoms with Crippen molar-refractivity contribution in [3.63, 3.8) is 0 Å². The van der Waals surface area contributed by atoms with Gasteiger partial charge in [-0.2, -0.15) is 0 Å². The highest BCUT2D eigenvalue weighted by Crippen LogP contribution is 2.52. The van der Waals surface area contributed by atoms with Gasteiger partial charge in [0.1, 0.15) is 6.16 Å². The first-order valence-corrected chi connectivity index (χ1v) is 10.5. The van der Waals surface area contributed by atoms with Gasteiger partial charge in [-0.25, -0.2) is 9.79 Å². The van der Waals surface area contributed by atoms with E-state index in [0.29, 0.717) is 5.02 Å². The molecule has 0 saturated heterocycles. The molecule has 0 spiro atoms. The second kappa shape index (κ2) is 8.39. The maximum Gasteiger partial charge on any atom is 0.279 e. The summed E-state index contributed by atoms with van der Waals surface area (Å²) in [5.74, 6) is -0.212. The number of Topliss-reactive ketones (excluding diaryl/α,β-unsaturated/α-hetero) is 1. The molecule has 0 aliphatic carbocycles. The average Bonchev–Trinajstić information content (AvgIpc) is 2.53.